The van der Waals surface area contributed by atoms with Gasteiger partial charge in [-0.05, 0) is 67.3 Å². The van der Waals surface area contributed by atoms with Crippen molar-refractivity contribution < 1.29 is 9.90 Å². The molecule has 0 aliphatic heterocycles. The van der Waals surface area contributed by atoms with E-state index in [-0.39, 0.29) is 11.5 Å². The first-order valence-corrected chi connectivity index (χ1v) is 7.46. The molecule has 112 valence electrons. The molecule has 3 aromatic rings. The summed E-state index contributed by atoms with van der Waals surface area (Å²) in [6.45, 7) is 5.69. The number of carbonyl (C=O) groups is 1. The van der Waals surface area contributed by atoms with E-state index in [1.54, 1.807) is 12.1 Å². The Morgan fingerprint density at radius 1 is 1.14 bits per heavy atom. The molecule has 0 bridgehead atoms. The molecule has 0 fully saturated rings. The molecule has 0 amide bonds. The van der Waals surface area contributed by atoms with Crippen LogP contribution in [0.25, 0.3) is 5.52 Å². The van der Waals surface area contributed by atoms with E-state index in [0.29, 0.717) is 11.3 Å². The second-order valence-electron chi connectivity index (χ2n) is 5.66. The standard InChI is InChI=1S/C19H19NO2/c1-4-14-11-16-7-5-6-8-20(16)17(14)19(22)15-9-12(2)18(21)13(3)10-15/h5-11,21H,4H2,1-3H3. The van der Waals surface area contributed by atoms with Crippen molar-refractivity contribution in [1.82, 2.24) is 4.40 Å². The smallest absolute Gasteiger partial charge is 0.210 e. The molecule has 22 heavy (non-hydrogen) atoms. The van der Waals surface area contributed by atoms with E-state index < -0.39 is 0 Å². The molecule has 3 rings (SSSR count). The van der Waals surface area contributed by atoms with Gasteiger partial charge in [-0.25, -0.2) is 0 Å². The number of hydrogen-bond donors (Lipinski definition) is 1. The zero-order chi connectivity index (χ0) is 15.9. The summed E-state index contributed by atoms with van der Waals surface area (Å²) in [6, 6.07) is 11.5. The molecule has 0 radical (unpaired) electrons. The molecule has 0 saturated heterocycles. The van der Waals surface area contributed by atoms with Gasteiger partial charge in [-0.15, -0.1) is 0 Å². The Labute approximate surface area is 129 Å². The number of pyridine rings is 1. The summed E-state index contributed by atoms with van der Waals surface area (Å²) in [5.41, 5.74) is 4.84. The Kier molecular flexibility index (Phi) is 3.49. The highest BCUT2D eigenvalue weighted by molar-refractivity contribution is 6.10. The molecule has 2 heterocycles. The molecular formula is C19H19NO2. The Morgan fingerprint density at radius 2 is 1.82 bits per heavy atom. The third kappa shape index (κ3) is 2.19. The average Bonchev–Trinajstić information content (AvgIpc) is 2.89. The van der Waals surface area contributed by atoms with Gasteiger partial charge in [0.05, 0.1) is 5.69 Å². The first-order chi connectivity index (χ1) is 10.5. The van der Waals surface area contributed by atoms with Crippen LogP contribution >= 0.6 is 0 Å². The number of benzene rings is 1. The van der Waals surface area contributed by atoms with Crippen LogP contribution in [0.3, 0.4) is 0 Å². The lowest BCUT2D eigenvalue weighted by Crippen LogP contribution is -2.08. The summed E-state index contributed by atoms with van der Waals surface area (Å²) in [6.07, 6.45) is 2.72. The van der Waals surface area contributed by atoms with Crippen molar-refractivity contribution in [1.29, 1.82) is 0 Å². The van der Waals surface area contributed by atoms with Gasteiger partial charge in [-0.3, -0.25) is 4.79 Å². The van der Waals surface area contributed by atoms with Gasteiger partial charge in [0.2, 0.25) is 5.78 Å². The van der Waals surface area contributed by atoms with Gasteiger partial charge in [0.15, 0.2) is 0 Å². The SMILES string of the molecule is CCc1cc2ccccn2c1C(=O)c1cc(C)c(O)c(C)c1. The van der Waals surface area contributed by atoms with Crippen LogP contribution in [0.2, 0.25) is 0 Å². The number of nitrogens with zero attached hydrogens (tertiary/aromatic N) is 1. The molecule has 0 saturated carbocycles. The van der Waals surface area contributed by atoms with Gasteiger partial charge in [0, 0.05) is 17.3 Å². The molecule has 0 aliphatic rings. The van der Waals surface area contributed by atoms with Crippen LogP contribution in [0.1, 0.15) is 39.7 Å². The third-order valence-electron chi connectivity index (χ3n) is 4.11. The van der Waals surface area contributed by atoms with E-state index in [9.17, 15) is 9.90 Å². The minimum Gasteiger partial charge on any atom is -0.507 e. The Bertz CT molecular complexity index is 851. The van der Waals surface area contributed by atoms with Gasteiger partial charge >= 0.3 is 0 Å². The van der Waals surface area contributed by atoms with Crippen LogP contribution in [-0.4, -0.2) is 15.3 Å². The summed E-state index contributed by atoms with van der Waals surface area (Å²) >= 11 is 0. The van der Waals surface area contributed by atoms with Crippen molar-refractivity contribution in [2.75, 3.05) is 0 Å². The number of phenolic OH excluding ortho intramolecular Hbond substituents is 1. The second-order valence-corrected chi connectivity index (χ2v) is 5.66. The van der Waals surface area contributed by atoms with E-state index in [1.165, 1.54) is 0 Å². The number of rotatable bonds is 3. The highest BCUT2D eigenvalue weighted by Gasteiger charge is 2.19. The molecular weight excluding hydrogens is 274 g/mol. The fourth-order valence-corrected chi connectivity index (χ4v) is 2.93. The zero-order valence-corrected chi connectivity index (χ0v) is 13.1. The number of aromatic nitrogens is 1. The predicted molar refractivity (Wildman–Crippen MR) is 87.8 cm³/mol. The number of fused-ring (bicyclic) bond motifs is 1. The first-order valence-electron chi connectivity index (χ1n) is 7.46. The number of ketones is 1. The fraction of sp³-hybridized carbons (Fsp3) is 0.211. The van der Waals surface area contributed by atoms with Crippen molar-refractivity contribution in [3.05, 3.63) is 70.5 Å². The Hall–Kier alpha value is -2.55. The summed E-state index contributed by atoms with van der Waals surface area (Å²) < 4.78 is 1.94. The maximum atomic E-state index is 13.0. The van der Waals surface area contributed by atoms with Crippen LogP contribution in [0.5, 0.6) is 5.75 Å². The molecule has 0 unspecified atom stereocenters. The number of phenols is 1. The first kappa shape index (κ1) is 14.4. The summed E-state index contributed by atoms with van der Waals surface area (Å²) in [5.74, 6) is 0.251. The van der Waals surface area contributed by atoms with Crippen molar-refractivity contribution in [2.45, 2.75) is 27.2 Å². The van der Waals surface area contributed by atoms with Crippen LogP contribution in [0.15, 0.2) is 42.6 Å². The van der Waals surface area contributed by atoms with Gasteiger partial charge in [0.25, 0.3) is 0 Å². The van der Waals surface area contributed by atoms with E-state index in [4.69, 9.17) is 0 Å². The van der Waals surface area contributed by atoms with Gasteiger partial charge in [0.1, 0.15) is 5.75 Å². The highest BCUT2D eigenvalue weighted by atomic mass is 16.3. The largest absolute Gasteiger partial charge is 0.507 e. The van der Waals surface area contributed by atoms with Gasteiger partial charge in [-0.1, -0.05) is 13.0 Å². The number of aryl methyl sites for hydroxylation is 3. The fourth-order valence-electron chi connectivity index (χ4n) is 2.93. The lowest BCUT2D eigenvalue weighted by Gasteiger charge is -2.09. The van der Waals surface area contributed by atoms with Crippen molar-refractivity contribution in [3.8, 4) is 5.75 Å². The number of hydrogen-bond acceptors (Lipinski definition) is 2. The zero-order valence-electron chi connectivity index (χ0n) is 13.1. The lowest BCUT2D eigenvalue weighted by molar-refractivity contribution is 0.103. The maximum absolute atomic E-state index is 13.0. The normalized spacial score (nSPS) is 11.0. The molecule has 3 heteroatoms. The van der Waals surface area contributed by atoms with Crippen molar-refractivity contribution in [2.24, 2.45) is 0 Å². The lowest BCUT2D eigenvalue weighted by atomic mass is 9.99. The second kappa shape index (κ2) is 5.34. The topological polar surface area (TPSA) is 41.7 Å². The van der Waals surface area contributed by atoms with Crippen molar-refractivity contribution in [3.63, 3.8) is 0 Å². The summed E-state index contributed by atoms with van der Waals surface area (Å²) in [5, 5.41) is 9.90. The summed E-state index contributed by atoms with van der Waals surface area (Å²) in [4.78, 5) is 13.0. The predicted octanol–water partition coefficient (Wildman–Crippen LogP) is 4.06. The number of aromatic hydroxyl groups is 1. The Balaban J connectivity index is 2.21. The monoisotopic (exact) mass is 293 g/mol. The quantitative estimate of drug-likeness (QED) is 0.740. The van der Waals surface area contributed by atoms with Crippen LogP contribution in [-0.2, 0) is 6.42 Å². The van der Waals surface area contributed by atoms with Crippen LogP contribution in [0, 0.1) is 13.8 Å². The number of carbonyl (C=O) groups excluding carboxylic acids is 1. The molecule has 0 spiro atoms. The van der Waals surface area contributed by atoms with E-state index in [1.807, 2.05) is 42.6 Å². The third-order valence-corrected chi connectivity index (χ3v) is 4.11. The minimum atomic E-state index is -0.00532. The summed E-state index contributed by atoms with van der Waals surface area (Å²) in [7, 11) is 0. The molecule has 0 aliphatic carbocycles. The van der Waals surface area contributed by atoms with Gasteiger partial charge in [-0.2, -0.15) is 0 Å². The van der Waals surface area contributed by atoms with Crippen LogP contribution in [0.4, 0.5) is 0 Å². The average molecular weight is 293 g/mol. The van der Waals surface area contributed by atoms with E-state index in [2.05, 4.69) is 13.0 Å². The molecule has 1 N–H and O–H groups in total. The molecule has 3 nitrogen and oxygen atoms in total. The van der Waals surface area contributed by atoms with Crippen molar-refractivity contribution >= 4 is 11.3 Å². The van der Waals surface area contributed by atoms with E-state index >= 15 is 0 Å². The minimum absolute atomic E-state index is 0.00532. The molecule has 0 atom stereocenters. The highest BCUT2D eigenvalue weighted by Crippen LogP contribution is 2.26. The van der Waals surface area contributed by atoms with E-state index in [0.717, 1.165) is 28.6 Å². The van der Waals surface area contributed by atoms with Gasteiger partial charge < -0.3 is 9.51 Å². The molecule has 2 aromatic heterocycles. The maximum Gasteiger partial charge on any atom is 0.210 e. The molecule has 1 aromatic carbocycles. The Morgan fingerprint density at radius 3 is 2.45 bits per heavy atom. The van der Waals surface area contributed by atoms with Crippen LogP contribution < -0.4 is 0 Å².